The molecule has 0 N–H and O–H groups in total. The smallest absolute Gasteiger partial charge is 0.357 e. The average Bonchev–Trinajstić information content (AvgIpc) is 2.88. The molecule has 0 aromatic carbocycles. The minimum Gasteiger partial charge on any atom is -0.461 e. The number of nitrogens with zero attached hydrogens (tertiary/aromatic N) is 2. The molecule has 0 unspecified atom stereocenters. The Morgan fingerprint density at radius 1 is 1.24 bits per heavy atom. The predicted molar refractivity (Wildman–Crippen MR) is 89.2 cm³/mol. The van der Waals surface area contributed by atoms with E-state index in [1.165, 1.54) is 11.3 Å². The first-order chi connectivity index (χ1) is 9.93. The standard InChI is InChI=1S/C16H28N2O2S/c1-6-20-15(19)14-11-21-16(17-14)18(9-7-12(2)3)10-8-13(4)5/h11-13H,6-10H2,1-5H3. The average molecular weight is 312 g/mol. The maximum absolute atomic E-state index is 11.7. The molecule has 1 aromatic rings. The Morgan fingerprint density at radius 2 is 1.81 bits per heavy atom. The molecule has 0 saturated heterocycles. The Hall–Kier alpha value is -1.10. The number of carbonyl (C=O) groups excluding carboxylic acids is 1. The summed E-state index contributed by atoms with van der Waals surface area (Å²) in [5, 5.41) is 2.73. The van der Waals surface area contributed by atoms with E-state index in [4.69, 9.17) is 4.74 Å². The zero-order chi connectivity index (χ0) is 15.8. The fraction of sp³-hybridized carbons (Fsp3) is 0.750. The van der Waals surface area contributed by atoms with Gasteiger partial charge in [-0.25, -0.2) is 9.78 Å². The third-order valence-corrected chi connectivity index (χ3v) is 4.10. The summed E-state index contributed by atoms with van der Waals surface area (Å²) in [6, 6.07) is 0. The van der Waals surface area contributed by atoms with Crippen molar-refractivity contribution in [1.29, 1.82) is 0 Å². The molecule has 0 aliphatic heterocycles. The van der Waals surface area contributed by atoms with Crippen LogP contribution in [0.3, 0.4) is 0 Å². The van der Waals surface area contributed by atoms with Gasteiger partial charge in [-0.15, -0.1) is 11.3 Å². The van der Waals surface area contributed by atoms with Crippen LogP contribution in [0.4, 0.5) is 5.13 Å². The summed E-state index contributed by atoms with van der Waals surface area (Å²) < 4.78 is 5.00. The largest absolute Gasteiger partial charge is 0.461 e. The number of anilines is 1. The van der Waals surface area contributed by atoms with E-state index in [0.717, 1.165) is 31.1 Å². The van der Waals surface area contributed by atoms with Crippen molar-refractivity contribution < 1.29 is 9.53 Å². The summed E-state index contributed by atoms with van der Waals surface area (Å²) in [4.78, 5) is 18.5. The number of thiazole rings is 1. The topological polar surface area (TPSA) is 42.4 Å². The van der Waals surface area contributed by atoms with Crippen molar-refractivity contribution in [3.63, 3.8) is 0 Å². The van der Waals surface area contributed by atoms with Crippen molar-refractivity contribution in [2.75, 3.05) is 24.6 Å². The van der Waals surface area contributed by atoms with Crippen LogP contribution in [0, 0.1) is 11.8 Å². The summed E-state index contributed by atoms with van der Waals surface area (Å²) in [6.07, 6.45) is 2.26. The van der Waals surface area contributed by atoms with Gasteiger partial charge in [0, 0.05) is 18.5 Å². The Kier molecular flexibility index (Phi) is 7.72. The first kappa shape index (κ1) is 18.0. The molecule has 1 aromatic heterocycles. The van der Waals surface area contributed by atoms with Crippen molar-refractivity contribution in [1.82, 2.24) is 4.98 Å². The van der Waals surface area contributed by atoms with Crippen molar-refractivity contribution in [3.05, 3.63) is 11.1 Å². The van der Waals surface area contributed by atoms with Gasteiger partial charge in [0.2, 0.25) is 0 Å². The minimum absolute atomic E-state index is 0.326. The van der Waals surface area contributed by atoms with Gasteiger partial charge in [-0.05, 0) is 31.6 Å². The van der Waals surface area contributed by atoms with E-state index in [1.807, 2.05) is 6.92 Å². The predicted octanol–water partition coefficient (Wildman–Crippen LogP) is 4.22. The van der Waals surface area contributed by atoms with E-state index >= 15 is 0 Å². The zero-order valence-corrected chi connectivity index (χ0v) is 14.7. The molecule has 1 heterocycles. The van der Waals surface area contributed by atoms with Crippen LogP contribution < -0.4 is 4.90 Å². The van der Waals surface area contributed by atoms with E-state index in [1.54, 1.807) is 5.38 Å². The van der Waals surface area contributed by atoms with Gasteiger partial charge in [-0.1, -0.05) is 27.7 Å². The van der Waals surface area contributed by atoms with Crippen molar-refractivity contribution in [2.45, 2.75) is 47.5 Å². The monoisotopic (exact) mass is 312 g/mol. The first-order valence-corrected chi connectivity index (χ1v) is 8.69. The van der Waals surface area contributed by atoms with Crippen molar-refractivity contribution in [3.8, 4) is 0 Å². The molecule has 0 fully saturated rings. The van der Waals surface area contributed by atoms with Gasteiger partial charge in [0.25, 0.3) is 0 Å². The molecule has 4 nitrogen and oxygen atoms in total. The Bertz CT molecular complexity index is 418. The highest BCUT2D eigenvalue weighted by Crippen LogP contribution is 2.23. The summed E-state index contributed by atoms with van der Waals surface area (Å²) in [7, 11) is 0. The number of ether oxygens (including phenoxy) is 1. The van der Waals surface area contributed by atoms with Gasteiger partial charge in [0.1, 0.15) is 0 Å². The third kappa shape index (κ3) is 6.46. The van der Waals surface area contributed by atoms with Gasteiger partial charge in [0.15, 0.2) is 10.8 Å². The van der Waals surface area contributed by atoms with Gasteiger partial charge < -0.3 is 9.64 Å². The second-order valence-electron chi connectivity index (χ2n) is 6.09. The van der Waals surface area contributed by atoms with Gasteiger partial charge in [0.05, 0.1) is 6.61 Å². The first-order valence-electron chi connectivity index (χ1n) is 7.81. The van der Waals surface area contributed by atoms with Gasteiger partial charge >= 0.3 is 5.97 Å². The number of esters is 1. The molecule has 5 heteroatoms. The molecule has 0 aliphatic carbocycles. The van der Waals surface area contributed by atoms with Crippen LogP contribution in [0.5, 0.6) is 0 Å². The molecule has 0 saturated carbocycles. The summed E-state index contributed by atoms with van der Waals surface area (Å²) in [5.41, 5.74) is 0.427. The number of aromatic nitrogens is 1. The summed E-state index contributed by atoms with van der Waals surface area (Å²) in [6.45, 7) is 13.1. The number of hydrogen-bond acceptors (Lipinski definition) is 5. The van der Waals surface area contributed by atoms with Crippen LogP contribution in [0.2, 0.25) is 0 Å². The molecule has 0 aliphatic rings. The Morgan fingerprint density at radius 3 is 2.29 bits per heavy atom. The lowest BCUT2D eigenvalue weighted by Gasteiger charge is -2.23. The summed E-state index contributed by atoms with van der Waals surface area (Å²) in [5.74, 6) is 1.000. The van der Waals surface area contributed by atoms with Crippen molar-refractivity contribution in [2.24, 2.45) is 11.8 Å². The third-order valence-electron chi connectivity index (χ3n) is 3.20. The lowest BCUT2D eigenvalue weighted by atomic mass is 10.1. The van der Waals surface area contributed by atoms with E-state index in [-0.39, 0.29) is 5.97 Å². The second kappa shape index (κ2) is 9.03. The molecule has 1 rings (SSSR count). The molecule has 0 radical (unpaired) electrons. The van der Waals surface area contributed by atoms with Crippen LogP contribution >= 0.6 is 11.3 Å². The number of rotatable bonds is 9. The minimum atomic E-state index is -0.326. The van der Waals surface area contributed by atoms with E-state index in [0.29, 0.717) is 24.1 Å². The normalized spacial score (nSPS) is 11.2. The number of carbonyl (C=O) groups is 1. The molecule has 21 heavy (non-hydrogen) atoms. The van der Waals surface area contributed by atoms with Crippen LogP contribution in [-0.2, 0) is 4.74 Å². The number of hydrogen-bond donors (Lipinski definition) is 0. The van der Waals surface area contributed by atoms with E-state index in [9.17, 15) is 4.79 Å². The maximum atomic E-state index is 11.7. The van der Waals surface area contributed by atoms with Crippen LogP contribution in [0.25, 0.3) is 0 Å². The van der Waals surface area contributed by atoms with Crippen LogP contribution in [0.1, 0.15) is 57.9 Å². The molecule has 0 spiro atoms. The molecular weight excluding hydrogens is 284 g/mol. The van der Waals surface area contributed by atoms with Gasteiger partial charge in [-0.3, -0.25) is 0 Å². The molecule has 120 valence electrons. The molecule has 0 atom stereocenters. The molecule has 0 bridgehead atoms. The molecular formula is C16H28N2O2S. The fourth-order valence-corrected chi connectivity index (χ4v) is 2.69. The highest BCUT2D eigenvalue weighted by Gasteiger charge is 2.16. The highest BCUT2D eigenvalue weighted by molar-refractivity contribution is 7.13. The van der Waals surface area contributed by atoms with E-state index < -0.39 is 0 Å². The zero-order valence-electron chi connectivity index (χ0n) is 13.9. The Balaban J connectivity index is 2.74. The second-order valence-corrected chi connectivity index (χ2v) is 6.92. The lowest BCUT2D eigenvalue weighted by Crippen LogP contribution is -2.27. The van der Waals surface area contributed by atoms with E-state index in [2.05, 4.69) is 37.6 Å². The Labute approximate surface area is 132 Å². The molecule has 0 amide bonds. The SMILES string of the molecule is CCOC(=O)c1csc(N(CCC(C)C)CCC(C)C)n1. The van der Waals surface area contributed by atoms with Crippen molar-refractivity contribution >= 4 is 22.4 Å². The highest BCUT2D eigenvalue weighted by atomic mass is 32.1. The lowest BCUT2D eigenvalue weighted by molar-refractivity contribution is 0.0520. The maximum Gasteiger partial charge on any atom is 0.357 e. The fourth-order valence-electron chi connectivity index (χ4n) is 1.84. The van der Waals surface area contributed by atoms with Crippen LogP contribution in [0.15, 0.2) is 5.38 Å². The summed E-state index contributed by atoms with van der Waals surface area (Å²) >= 11 is 1.53. The van der Waals surface area contributed by atoms with Gasteiger partial charge in [-0.2, -0.15) is 0 Å². The van der Waals surface area contributed by atoms with Crippen LogP contribution in [-0.4, -0.2) is 30.6 Å². The quantitative estimate of drug-likeness (QED) is 0.640.